The van der Waals surface area contributed by atoms with Crippen LogP contribution in [0.3, 0.4) is 0 Å². The van der Waals surface area contributed by atoms with Crippen molar-refractivity contribution in [1.29, 1.82) is 0 Å². The maximum atomic E-state index is 13.2. The smallest absolute Gasteiger partial charge is 0.341 e. The van der Waals surface area contributed by atoms with Gasteiger partial charge in [-0.05, 0) is 17.7 Å². The fourth-order valence-electron chi connectivity index (χ4n) is 2.38. The van der Waals surface area contributed by atoms with Gasteiger partial charge in [-0.3, -0.25) is 9.59 Å². The average molecular weight is 435 g/mol. The molecule has 3 N–H and O–H groups in total. The Morgan fingerprint density at radius 1 is 1.34 bits per heavy atom. The van der Waals surface area contributed by atoms with E-state index in [1.165, 1.54) is 31.4 Å². The van der Waals surface area contributed by atoms with E-state index in [-0.39, 0.29) is 21.5 Å². The Bertz CT molecular complexity index is 1110. The zero-order valence-electron chi connectivity index (χ0n) is 14.9. The predicted molar refractivity (Wildman–Crippen MR) is 107 cm³/mol. The van der Waals surface area contributed by atoms with Crippen molar-refractivity contribution in [3.8, 4) is 17.0 Å². The Morgan fingerprint density at radius 3 is 2.72 bits per heavy atom. The molecule has 0 unspecified atom stereocenters. The summed E-state index contributed by atoms with van der Waals surface area (Å²) in [6, 6.07) is 6.50. The Kier molecular flexibility index (Phi) is 6.29. The molecule has 0 aliphatic rings. The van der Waals surface area contributed by atoms with Gasteiger partial charge in [0.25, 0.3) is 5.56 Å². The van der Waals surface area contributed by atoms with Crippen LogP contribution < -0.4 is 10.9 Å². The summed E-state index contributed by atoms with van der Waals surface area (Å²) >= 11 is 2.03. The van der Waals surface area contributed by atoms with Gasteiger partial charge in [0.1, 0.15) is 16.4 Å². The Morgan fingerprint density at radius 2 is 2.07 bits per heavy atom. The molecule has 0 bridgehead atoms. The minimum absolute atomic E-state index is 0.0801. The molecule has 0 spiro atoms. The summed E-state index contributed by atoms with van der Waals surface area (Å²) in [5, 5.41) is 14.0. The summed E-state index contributed by atoms with van der Waals surface area (Å²) in [6.07, 6.45) is 0. The number of aromatic amines is 1. The lowest BCUT2D eigenvalue weighted by atomic mass is 10.0. The third-order valence-electron chi connectivity index (χ3n) is 3.64. The number of aromatic nitrogens is 2. The van der Waals surface area contributed by atoms with E-state index in [2.05, 4.69) is 15.3 Å². The van der Waals surface area contributed by atoms with Crippen LogP contribution in [-0.4, -0.2) is 39.8 Å². The number of nitrogens with one attached hydrogen (secondary N) is 2. The summed E-state index contributed by atoms with van der Waals surface area (Å²) in [4.78, 5) is 42.0. The number of esters is 1. The van der Waals surface area contributed by atoms with Crippen LogP contribution in [0.25, 0.3) is 11.1 Å². The number of hydrogen-bond donors (Lipinski definition) is 3. The number of amides is 1. The SMILES string of the molecule is COC(=O)c1c(-c2ccc(F)cc2)csc1NC(=O)CSc1nc(O)cc(=O)[nH]1. The first-order chi connectivity index (χ1) is 13.9. The first-order valence-corrected chi connectivity index (χ1v) is 9.92. The number of thioether (sulfide) groups is 1. The molecular formula is C18H14FN3O5S2. The lowest BCUT2D eigenvalue weighted by Gasteiger charge is -2.08. The number of carbonyl (C=O) groups excluding carboxylic acids is 2. The minimum Gasteiger partial charge on any atom is -0.493 e. The highest BCUT2D eigenvalue weighted by atomic mass is 32.2. The van der Waals surface area contributed by atoms with Crippen molar-refractivity contribution in [2.45, 2.75) is 5.16 Å². The van der Waals surface area contributed by atoms with Crippen LogP contribution in [-0.2, 0) is 9.53 Å². The van der Waals surface area contributed by atoms with Gasteiger partial charge >= 0.3 is 5.97 Å². The molecule has 3 aromatic rings. The normalized spacial score (nSPS) is 10.6. The molecule has 11 heteroatoms. The van der Waals surface area contributed by atoms with Gasteiger partial charge in [0.15, 0.2) is 5.16 Å². The second-order valence-electron chi connectivity index (χ2n) is 5.60. The second kappa shape index (κ2) is 8.88. The van der Waals surface area contributed by atoms with Crippen molar-refractivity contribution in [3.05, 3.63) is 57.4 Å². The molecule has 150 valence electrons. The van der Waals surface area contributed by atoms with Crippen molar-refractivity contribution in [3.63, 3.8) is 0 Å². The molecule has 0 aliphatic heterocycles. The zero-order valence-corrected chi connectivity index (χ0v) is 16.5. The van der Waals surface area contributed by atoms with E-state index in [4.69, 9.17) is 4.74 Å². The van der Waals surface area contributed by atoms with Gasteiger partial charge in [0.2, 0.25) is 11.8 Å². The van der Waals surface area contributed by atoms with Gasteiger partial charge in [-0.1, -0.05) is 23.9 Å². The highest BCUT2D eigenvalue weighted by Crippen LogP contribution is 2.36. The van der Waals surface area contributed by atoms with Gasteiger partial charge in [0, 0.05) is 10.9 Å². The van der Waals surface area contributed by atoms with E-state index in [1.807, 2.05) is 0 Å². The number of methoxy groups -OCH3 is 1. The molecular weight excluding hydrogens is 421 g/mol. The maximum Gasteiger partial charge on any atom is 0.341 e. The number of anilines is 1. The number of benzene rings is 1. The van der Waals surface area contributed by atoms with Gasteiger partial charge in [-0.25, -0.2) is 9.18 Å². The number of rotatable bonds is 6. The van der Waals surface area contributed by atoms with Crippen LogP contribution >= 0.6 is 23.1 Å². The molecule has 29 heavy (non-hydrogen) atoms. The fourth-order valence-corrected chi connectivity index (χ4v) is 4.03. The number of nitrogens with zero attached hydrogens (tertiary/aromatic N) is 1. The first kappa shape index (κ1) is 20.6. The molecule has 8 nitrogen and oxygen atoms in total. The van der Waals surface area contributed by atoms with Crippen LogP contribution in [0, 0.1) is 5.82 Å². The lowest BCUT2D eigenvalue weighted by molar-refractivity contribution is -0.113. The predicted octanol–water partition coefficient (Wildman–Crippen LogP) is 2.86. The van der Waals surface area contributed by atoms with Gasteiger partial charge in [0.05, 0.1) is 18.9 Å². The van der Waals surface area contributed by atoms with Gasteiger partial charge < -0.3 is 20.1 Å². The monoisotopic (exact) mass is 435 g/mol. The number of carbonyl (C=O) groups is 2. The number of H-pyrrole nitrogens is 1. The lowest BCUT2D eigenvalue weighted by Crippen LogP contribution is -2.16. The van der Waals surface area contributed by atoms with E-state index in [1.54, 1.807) is 5.38 Å². The molecule has 1 aromatic carbocycles. The molecule has 0 saturated carbocycles. The van der Waals surface area contributed by atoms with Crippen molar-refractivity contribution < 1.29 is 23.8 Å². The van der Waals surface area contributed by atoms with Crippen LogP contribution in [0.15, 0.2) is 45.7 Å². The van der Waals surface area contributed by atoms with Crippen LogP contribution in [0.1, 0.15) is 10.4 Å². The number of halogens is 1. The first-order valence-electron chi connectivity index (χ1n) is 8.06. The summed E-state index contributed by atoms with van der Waals surface area (Å²) in [7, 11) is 1.22. The minimum atomic E-state index is -0.646. The molecule has 0 fully saturated rings. The Balaban J connectivity index is 1.79. The van der Waals surface area contributed by atoms with E-state index >= 15 is 0 Å². The van der Waals surface area contributed by atoms with Crippen molar-refractivity contribution in [2.75, 3.05) is 18.2 Å². The number of hydrogen-bond acceptors (Lipinski definition) is 8. The van der Waals surface area contributed by atoms with E-state index in [9.17, 15) is 23.9 Å². The molecule has 0 radical (unpaired) electrons. The number of ether oxygens (including phenoxy) is 1. The summed E-state index contributed by atoms with van der Waals surface area (Å²) in [5.41, 5.74) is 0.713. The molecule has 0 atom stereocenters. The van der Waals surface area contributed by atoms with E-state index < -0.39 is 29.1 Å². The second-order valence-corrected chi connectivity index (χ2v) is 7.44. The van der Waals surface area contributed by atoms with Crippen molar-refractivity contribution in [1.82, 2.24) is 9.97 Å². The largest absolute Gasteiger partial charge is 0.493 e. The van der Waals surface area contributed by atoms with Crippen LogP contribution in [0.5, 0.6) is 5.88 Å². The maximum absolute atomic E-state index is 13.2. The molecule has 2 aromatic heterocycles. The summed E-state index contributed by atoms with van der Waals surface area (Å²) in [6.45, 7) is 0. The van der Waals surface area contributed by atoms with E-state index in [0.29, 0.717) is 11.1 Å². The third-order valence-corrected chi connectivity index (χ3v) is 5.40. The van der Waals surface area contributed by atoms with Gasteiger partial charge in [-0.2, -0.15) is 4.98 Å². The molecule has 1 amide bonds. The standard InChI is InChI=1S/C18H14FN3O5S2/c1-27-17(26)15-11(9-2-4-10(19)5-3-9)7-28-16(15)20-14(25)8-29-18-21-12(23)6-13(24)22-18/h2-7H,8H2,1H3,(H,20,25)(H2,21,22,23,24). The van der Waals surface area contributed by atoms with E-state index in [0.717, 1.165) is 29.2 Å². The molecule has 0 aliphatic carbocycles. The van der Waals surface area contributed by atoms with Gasteiger partial charge in [-0.15, -0.1) is 11.3 Å². The van der Waals surface area contributed by atoms with Crippen LogP contribution in [0.4, 0.5) is 9.39 Å². The third kappa shape index (κ3) is 5.00. The topological polar surface area (TPSA) is 121 Å². The molecule has 3 rings (SSSR count). The van der Waals surface area contributed by atoms with Crippen molar-refractivity contribution in [2.24, 2.45) is 0 Å². The average Bonchev–Trinajstić information content (AvgIpc) is 3.09. The number of thiophene rings is 1. The summed E-state index contributed by atoms with van der Waals surface area (Å²) in [5.74, 6) is -2.10. The van der Waals surface area contributed by atoms with Crippen LogP contribution in [0.2, 0.25) is 0 Å². The quantitative estimate of drug-likeness (QED) is 0.309. The fraction of sp³-hybridized carbons (Fsp3) is 0.111. The molecule has 2 heterocycles. The molecule has 0 saturated heterocycles. The highest BCUT2D eigenvalue weighted by molar-refractivity contribution is 7.99. The Labute approximate surface area is 171 Å². The highest BCUT2D eigenvalue weighted by Gasteiger charge is 2.22. The number of aromatic hydroxyl groups is 1. The summed E-state index contributed by atoms with van der Waals surface area (Å²) < 4.78 is 18.0. The zero-order chi connectivity index (χ0) is 21.0. The Hall–Kier alpha value is -3.18. The van der Waals surface area contributed by atoms with Crippen molar-refractivity contribution >= 4 is 40.0 Å².